The third-order valence-electron chi connectivity index (χ3n) is 3.70. The molecule has 0 unspecified atom stereocenters. The number of nitrogens with zero attached hydrogens (tertiary/aromatic N) is 2. The Hall–Kier alpha value is -2.49. The number of aromatic nitrogens is 3. The van der Waals surface area contributed by atoms with Crippen LogP contribution in [0.15, 0.2) is 36.7 Å². The van der Waals surface area contributed by atoms with Crippen LogP contribution < -0.4 is 0 Å². The number of carbonyl (C=O) groups excluding carboxylic acids is 1. The molecule has 1 aliphatic carbocycles. The van der Waals surface area contributed by atoms with Crippen LogP contribution in [0.2, 0.25) is 0 Å². The van der Waals surface area contributed by atoms with Gasteiger partial charge in [-0.3, -0.25) is 9.89 Å². The molecule has 1 aliphatic rings. The first kappa shape index (κ1) is 10.4. The van der Waals surface area contributed by atoms with Crippen molar-refractivity contribution in [3.8, 4) is 11.1 Å². The zero-order chi connectivity index (χ0) is 12.8. The van der Waals surface area contributed by atoms with Gasteiger partial charge in [0.1, 0.15) is 0 Å². The molecule has 0 radical (unpaired) electrons. The lowest BCUT2D eigenvalue weighted by Crippen LogP contribution is -1.92. The van der Waals surface area contributed by atoms with E-state index >= 15 is 0 Å². The van der Waals surface area contributed by atoms with E-state index < -0.39 is 0 Å². The minimum absolute atomic E-state index is 0.245. The molecule has 0 spiro atoms. The van der Waals surface area contributed by atoms with Gasteiger partial charge >= 0.3 is 0 Å². The highest BCUT2D eigenvalue weighted by Crippen LogP contribution is 2.31. The van der Waals surface area contributed by atoms with Crippen molar-refractivity contribution in [3.05, 3.63) is 47.8 Å². The van der Waals surface area contributed by atoms with E-state index in [2.05, 4.69) is 27.3 Å². The second-order valence-electron chi connectivity index (χ2n) is 4.79. The average Bonchev–Trinajstić information content (AvgIpc) is 3.05. The van der Waals surface area contributed by atoms with Gasteiger partial charge in [-0.1, -0.05) is 12.1 Å². The van der Waals surface area contributed by atoms with Gasteiger partial charge in [-0.25, -0.2) is 4.98 Å². The number of rotatable bonds is 1. The molecule has 0 aliphatic heterocycles. The number of carbonyl (C=O) groups is 1. The van der Waals surface area contributed by atoms with Crippen molar-refractivity contribution in [2.75, 3.05) is 0 Å². The van der Waals surface area contributed by atoms with Gasteiger partial charge in [-0.15, -0.1) is 0 Å². The molecule has 1 aromatic carbocycles. The molecule has 4 heteroatoms. The van der Waals surface area contributed by atoms with E-state index in [1.807, 2.05) is 12.1 Å². The van der Waals surface area contributed by atoms with E-state index in [9.17, 15) is 4.79 Å². The number of ketones is 1. The van der Waals surface area contributed by atoms with Crippen LogP contribution in [0.4, 0.5) is 0 Å². The predicted molar refractivity (Wildman–Crippen MR) is 72.0 cm³/mol. The molecular weight excluding hydrogens is 238 g/mol. The van der Waals surface area contributed by atoms with Crippen molar-refractivity contribution < 1.29 is 4.79 Å². The Kier molecular flexibility index (Phi) is 2.06. The number of Topliss-reactive ketones (excluding diaryl/α,β-unsaturated/α-hetero) is 1. The summed E-state index contributed by atoms with van der Waals surface area (Å²) < 4.78 is 0. The lowest BCUT2D eigenvalue weighted by molar-refractivity contribution is 0.0994. The molecular formula is C15H11N3O. The van der Waals surface area contributed by atoms with Crippen molar-refractivity contribution >= 4 is 16.8 Å². The first-order valence-electron chi connectivity index (χ1n) is 6.27. The fraction of sp³-hybridized carbons (Fsp3) is 0.133. The number of H-pyrrole nitrogens is 1. The third kappa shape index (κ3) is 1.50. The Labute approximate surface area is 109 Å². The molecule has 0 amide bonds. The molecule has 0 saturated carbocycles. The molecule has 0 bridgehead atoms. The van der Waals surface area contributed by atoms with Gasteiger partial charge in [0.2, 0.25) is 0 Å². The summed E-state index contributed by atoms with van der Waals surface area (Å²) in [7, 11) is 0. The summed E-state index contributed by atoms with van der Waals surface area (Å²) in [6.07, 6.45) is 5.03. The summed E-state index contributed by atoms with van der Waals surface area (Å²) in [6.45, 7) is 0. The molecule has 4 nitrogen and oxygen atoms in total. The van der Waals surface area contributed by atoms with Gasteiger partial charge in [-0.2, -0.15) is 5.10 Å². The lowest BCUT2D eigenvalue weighted by Gasteiger charge is -2.05. The normalized spacial score (nSPS) is 14.0. The molecule has 1 N–H and O–H groups in total. The second kappa shape index (κ2) is 3.75. The molecule has 0 saturated heterocycles. The number of aryl methyl sites for hydroxylation is 1. The average molecular weight is 249 g/mol. The van der Waals surface area contributed by atoms with E-state index in [4.69, 9.17) is 0 Å². The Morgan fingerprint density at radius 1 is 1.11 bits per heavy atom. The lowest BCUT2D eigenvalue weighted by atomic mass is 9.99. The molecule has 0 fully saturated rings. The quantitative estimate of drug-likeness (QED) is 0.721. The van der Waals surface area contributed by atoms with Gasteiger partial charge in [0.05, 0.1) is 6.20 Å². The van der Waals surface area contributed by atoms with Crippen LogP contribution in [0.1, 0.15) is 22.3 Å². The van der Waals surface area contributed by atoms with Gasteiger partial charge in [0, 0.05) is 23.6 Å². The van der Waals surface area contributed by atoms with Gasteiger partial charge in [0.15, 0.2) is 11.4 Å². The number of pyridine rings is 1. The number of hydrogen-bond acceptors (Lipinski definition) is 3. The zero-order valence-electron chi connectivity index (χ0n) is 10.2. The fourth-order valence-electron chi connectivity index (χ4n) is 2.71. The van der Waals surface area contributed by atoms with E-state index in [0.29, 0.717) is 6.42 Å². The molecule has 0 atom stereocenters. The molecule has 4 rings (SSSR count). The summed E-state index contributed by atoms with van der Waals surface area (Å²) in [6, 6.07) is 8.08. The first-order valence-corrected chi connectivity index (χ1v) is 6.27. The number of nitrogens with one attached hydrogen (secondary N) is 1. The minimum atomic E-state index is 0.245. The van der Waals surface area contributed by atoms with Crippen molar-refractivity contribution in [2.45, 2.75) is 12.8 Å². The van der Waals surface area contributed by atoms with Crippen LogP contribution in [0, 0.1) is 0 Å². The summed E-state index contributed by atoms with van der Waals surface area (Å²) >= 11 is 0. The van der Waals surface area contributed by atoms with Crippen molar-refractivity contribution in [2.24, 2.45) is 0 Å². The van der Waals surface area contributed by atoms with Gasteiger partial charge < -0.3 is 0 Å². The van der Waals surface area contributed by atoms with Crippen LogP contribution in [0.3, 0.4) is 0 Å². The minimum Gasteiger partial charge on any atom is -0.294 e. The fourth-order valence-corrected chi connectivity index (χ4v) is 2.71. The molecule has 19 heavy (non-hydrogen) atoms. The van der Waals surface area contributed by atoms with E-state index in [1.165, 1.54) is 0 Å². The number of fused-ring (bicyclic) bond motifs is 2. The van der Waals surface area contributed by atoms with Crippen LogP contribution in [-0.4, -0.2) is 21.0 Å². The molecule has 92 valence electrons. The molecule has 2 heterocycles. The monoisotopic (exact) mass is 249 g/mol. The summed E-state index contributed by atoms with van der Waals surface area (Å²) in [5.74, 6) is 0.245. The maximum Gasteiger partial charge on any atom is 0.163 e. The van der Waals surface area contributed by atoms with Crippen LogP contribution in [0.25, 0.3) is 22.2 Å². The van der Waals surface area contributed by atoms with E-state index in [1.54, 1.807) is 12.4 Å². The maximum absolute atomic E-state index is 11.8. The Balaban J connectivity index is 1.96. The highest BCUT2D eigenvalue weighted by molar-refractivity contribution is 6.02. The smallest absolute Gasteiger partial charge is 0.163 e. The van der Waals surface area contributed by atoms with Crippen molar-refractivity contribution in [1.29, 1.82) is 0 Å². The number of benzene rings is 1. The molecule has 2 aromatic heterocycles. The van der Waals surface area contributed by atoms with Crippen LogP contribution >= 0.6 is 0 Å². The first-order chi connectivity index (χ1) is 9.33. The number of aromatic amines is 1. The highest BCUT2D eigenvalue weighted by atomic mass is 16.1. The Morgan fingerprint density at radius 2 is 2.05 bits per heavy atom. The molecule has 3 aromatic rings. The van der Waals surface area contributed by atoms with Crippen molar-refractivity contribution in [1.82, 2.24) is 15.2 Å². The third-order valence-corrected chi connectivity index (χ3v) is 3.70. The highest BCUT2D eigenvalue weighted by Gasteiger charge is 2.20. The standard InChI is InChI=1S/C15H11N3O/c19-14-4-3-9-1-2-10(7-12(9)14)11-5-6-16-15-13(11)8-17-18-15/h1-2,5-8H,3-4H2,(H,16,17,18). The van der Waals surface area contributed by atoms with E-state index in [0.717, 1.165) is 39.7 Å². The van der Waals surface area contributed by atoms with Gasteiger partial charge in [0.25, 0.3) is 0 Å². The van der Waals surface area contributed by atoms with Gasteiger partial charge in [-0.05, 0) is 35.2 Å². The zero-order valence-corrected chi connectivity index (χ0v) is 10.2. The Bertz CT molecular complexity index is 804. The summed E-state index contributed by atoms with van der Waals surface area (Å²) in [5.41, 5.74) is 4.89. The van der Waals surface area contributed by atoms with Crippen LogP contribution in [0.5, 0.6) is 0 Å². The van der Waals surface area contributed by atoms with E-state index in [-0.39, 0.29) is 5.78 Å². The Morgan fingerprint density at radius 3 is 3.00 bits per heavy atom. The van der Waals surface area contributed by atoms with Crippen LogP contribution in [-0.2, 0) is 6.42 Å². The SMILES string of the molecule is O=C1CCc2ccc(-c3ccnc4[nH]ncc34)cc21. The topological polar surface area (TPSA) is 58.6 Å². The number of hydrogen-bond donors (Lipinski definition) is 1. The van der Waals surface area contributed by atoms with Crippen molar-refractivity contribution in [3.63, 3.8) is 0 Å². The largest absolute Gasteiger partial charge is 0.294 e. The second-order valence-corrected chi connectivity index (χ2v) is 4.79. The predicted octanol–water partition coefficient (Wildman–Crippen LogP) is 2.75. The summed E-state index contributed by atoms with van der Waals surface area (Å²) in [5, 5.41) is 7.86. The maximum atomic E-state index is 11.8. The summed E-state index contributed by atoms with van der Waals surface area (Å²) in [4.78, 5) is 16.1.